The number of alkyl halides is 5. The van der Waals surface area contributed by atoms with Gasteiger partial charge in [-0.15, -0.1) is 0 Å². The zero-order valence-electron chi connectivity index (χ0n) is 9.17. The molecule has 0 fully saturated rings. The van der Waals surface area contributed by atoms with Gasteiger partial charge in [0.25, 0.3) is 6.43 Å². The lowest BCUT2D eigenvalue weighted by atomic mass is 10.0. The molecule has 0 aromatic heterocycles. The van der Waals surface area contributed by atoms with Gasteiger partial charge in [0, 0.05) is 11.1 Å². The van der Waals surface area contributed by atoms with Crippen LogP contribution in [0.2, 0.25) is 0 Å². The summed E-state index contributed by atoms with van der Waals surface area (Å²) in [4.78, 5) is 11.0. The molecule has 100 valence electrons. The molecule has 0 spiro atoms. The molecule has 0 radical (unpaired) electrons. The molecular weight excluding hydrogens is 320 g/mol. The standard InChI is InChI=1S/C11H9BrF4O2/c1-5(12)9(17)7-3-2-6(18-11(15)16)4-8(7)10(13)14/h2-5,10-11H,1H3. The maximum atomic E-state index is 12.8. The summed E-state index contributed by atoms with van der Waals surface area (Å²) in [6.45, 7) is -1.62. The number of ketones is 1. The highest BCUT2D eigenvalue weighted by Crippen LogP contribution is 2.29. The first-order chi connectivity index (χ1) is 8.32. The van der Waals surface area contributed by atoms with Crippen LogP contribution in [0.15, 0.2) is 18.2 Å². The van der Waals surface area contributed by atoms with Gasteiger partial charge in [0.05, 0.1) is 4.83 Å². The van der Waals surface area contributed by atoms with E-state index < -0.39 is 35.0 Å². The highest BCUT2D eigenvalue weighted by Gasteiger charge is 2.22. The van der Waals surface area contributed by atoms with Crippen molar-refractivity contribution in [3.8, 4) is 5.75 Å². The van der Waals surface area contributed by atoms with E-state index in [9.17, 15) is 22.4 Å². The van der Waals surface area contributed by atoms with Crippen LogP contribution in [0, 0.1) is 0 Å². The van der Waals surface area contributed by atoms with Gasteiger partial charge in [0.15, 0.2) is 5.78 Å². The predicted molar refractivity (Wildman–Crippen MR) is 60.8 cm³/mol. The third kappa shape index (κ3) is 3.69. The quantitative estimate of drug-likeness (QED) is 0.460. The number of benzene rings is 1. The Morgan fingerprint density at radius 2 is 1.89 bits per heavy atom. The van der Waals surface area contributed by atoms with Gasteiger partial charge in [-0.05, 0) is 25.1 Å². The van der Waals surface area contributed by atoms with E-state index in [1.165, 1.54) is 6.92 Å². The minimum Gasteiger partial charge on any atom is -0.435 e. The van der Waals surface area contributed by atoms with Crippen LogP contribution in [0.5, 0.6) is 5.75 Å². The van der Waals surface area contributed by atoms with E-state index in [-0.39, 0.29) is 5.56 Å². The second-order valence-electron chi connectivity index (χ2n) is 3.41. The molecular formula is C11H9BrF4O2. The molecule has 0 bridgehead atoms. The van der Waals surface area contributed by atoms with Crippen LogP contribution >= 0.6 is 15.9 Å². The average Bonchev–Trinajstić information content (AvgIpc) is 2.26. The smallest absolute Gasteiger partial charge is 0.387 e. The number of halogens is 5. The lowest BCUT2D eigenvalue weighted by molar-refractivity contribution is -0.0500. The molecule has 1 aromatic carbocycles. The van der Waals surface area contributed by atoms with E-state index in [0.29, 0.717) is 0 Å². The number of carbonyl (C=O) groups is 1. The van der Waals surface area contributed by atoms with Crippen LogP contribution in [-0.4, -0.2) is 17.2 Å². The molecule has 1 unspecified atom stereocenters. The Labute approximate surface area is 109 Å². The van der Waals surface area contributed by atoms with E-state index in [4.69, 9.17) is 0 Å². The summed E-state index contributed by atoms with van der Waals surface area (Å²) in [5, 5.41) is 0. The molecule has 0 amide bonds. The number of ether oxygens (including phenoxy) is 1. The van der Waals surface area contributed by atoms with Crippen LogP contribution < -0.4 is 4.74 Å². The summed E-state index contributed by atoms with van der Waals surface area (Å²) in [6, 6.07) is 2.86. The summed E-state index contributed by atoms with van der Waals surface area (Å²) in [7, 11) is 0. The van der Waals surface area contributed by atoms with Crippen LogP contribution in [-0.2, 0) is 0 Å². The van der Waals surface area contributed by atoms with E-state index in [1.54, 1.807) is 0 Å². The monoisotopic (exact) mass is 328 g/mol. The van der Waals surface area contributed by atoms with Crippen molar-refractivity contribution in [2.24, 2.45) is 0 Å². The lowest BCUT2D eigenvalue weighted by Crippen LogP contribution is -2.13. The second-order valence-corrected chi connectivity index (χ2v) is 4.78. The third-order valence-corrected chi connectivity index (χ3v) is 2.53. The highest BCUT2D eigenvalue weighted by molar-refractivity contribution is 9.10. The van der Waals surface area contributed by atoms with Crippen LogP contribution in [0.4, 0.5) is 17.6 Å². The van der Waals surface area contributed by atoms with E-state index >= 15 is 0 Å². The first-order valence-corrected chi connectivity index (χ1v) is 5.79. The van der Waals surface area contributed by atoms with Crippen LogP contribution in [0.25, 0.3) is 0 Å². The fraction of sp³-hybridized carbons (Fsp3) is 0.364. The fourth-order valence-electron chi connectivity index (χ4n) is 1.34. The highest BCUT2D eigenvalue weighted by atomic mass is 79.9. The number of carbonyl (C=O) groups excluding carboxylic acids is 1. The summed E-state index contributed by atoms with van der Waals surface area (Å²) in [5.41, 5.74) is -0.833. The normalized spacial score (nSPS) is 12.9. The van der Waals surface area contributed by atoms with Crippen LogP contribution in [0.1, 0.15) is 29.3 Å². The van der Waals surface area contributed by atoms with E-state index in [0.717, 1.165) is 18.2 Å². The zero-order chi connectivity index (χ0) is 13.9. The number of hydrogen-bond acceptors (Lipinski definition) is 2. The summed E-state index contributed by atoms with van der Waals surface area (Å²) >= 11 is 2.97. The van der Waals surface area contributed by atoms with Crippen molar-refractivity contribution < 1.29 is 27.1 Å². The molecule has 1 rings (SSSR count). The summed E-state index contributed by atoms with van der Waals surface area (Å²) in [5.74, 6) is -0.951. The van der Waals surface area contributed by atoms with Gasteiger partial charge in [-0.25, -0.2) is 8.78 Å². The number of rotatable bonds is 5. The molecule has 0 heterocycles. The Hall–Kier alpha value is -1.11. The molecule has 0 N–H and O–H groups in total. The van der Waals surface area contributed by atoms with E-state index in [2.05, 4.69) is 20.7 Å². The summed E-state index contributed by atoms with van der Waals surface area (Å²) < 4.78 is 53.4. The Kier molecular flexibility index (Phi) is 5.13. The largest absolute Gasteiger partial charge is 0.435 e. The van der Waals surface area contributed by atoms with E-state index in [1.807, 2.05) is 0 Å². The number of Topliss-reactive ketones (excluding diaryl/α,β-unsaturated/α-hetero) is 1. The summed E-state index contributed by atoms with van der Waals surface area (Å²) in [6.07, 6.45) is -2.95. The van der Waals surface area contributed by atoms with Gasteiger partial charge in [0.1, 0.15) is 5.75 Å². The molecule has 2 nitrogen and oxygen atoms in total. The number of hydrogen-bond donors (Lipinski definition) is 0. The first kappa shape index (κ1) is 14.9. The Bertz CT molecular complexity index is 435. The third-order valence-electron chi connectivity index (χ3n) is 2.11. The lowest BCUT2D eigenvalue weighted by Gasteiger charge is -2.12. The molecule has 0 saturated carbocycles. The molecule has 1 aromatic rings. The van der Waals surface area contributed by atoms with Crippen molar-refractivity contribution in [1.29, 1.82) is 0 Å². The molecule has 0 saturated heterocycles. The van der Waals surface area contributed by atoms with Crippen molar-refractivity contribution >= 4 is 21.7 Å². The topological polar surface area (TPSA) is 26.3 Å². The fourth-order valence-corrected chi connectivity index (χ4v) is 1.58. The van der Waals surface area contributed by atoms with Crippen molar-refractivity contribution in [2.75, 3.05) is 0 Å². The van der Waals surface area contributed by atoms with Gasteiger partial charge < -0.3 is 4.74 Å². The Morgan fingerprint density at radius 3 is 2.33 bits per heavy atom. The van der Waals surface area contributed by atoms with Crippen molar-refractivity contribution in [3.05, 3.63) is 29.3 Å². The van der Waals surface area contributed by atoms with Gasteiger partial charge in [0.2, 0.25) is 0 Å². The SMILES string of the molecule is CC(Br)C(=O)c1ccc(OC(F)F)cc1C(F)F. The van der Waals surface area contributed by atoms with Crippen LogP contribution in [0.3, 0.4) is 0 Å². The van der Waals surface area contributed by atoms with Crippen molar-refractivity contribution in [2.45, 2.75) is 24.8 Å². The molecule has 18 heavy (non-hydrogen) atoms. The zero-order valence-corrected chi connectivity index (χ0v) is 10.8. The molecule has 7 heteroatoms. The minimum atomic E-state index is -3.10. The maximum absolute atomic E-state index is 12.8. The van der Waals surface area contributed by atoms with Crippen molar-refractivity contribution in [1.82, 2.24) is 0 Å². The average molecular weight is 329 g/mol. The van der Waals surface area contributed by atoms with Gasteiger partial charge in [-0.1, -0.05) is 15.9 Å². The predicted octanol–water partition coefficient (Wildman–Crippen LogP) is 4.19. The van der Waals surface area contributed by atoms with Gasteiger partial charge >= 0.3 is 6.61 Å². The Balaban J connectivity index is 3.16. The molecule has 1 atom stereocenters. The van der Waals surface area contributed by atoms with Gasteiger partial charge in [-0.3, -0.25) is 4.79 Å². The minimum absolute atomic E-state index is 0.212. The second kappa shape index (κ2) is 6.17. The van der Waals surface area contributed by atoms with Crippen molar-refractivity contribution in [3.63, 3.8) is 0 Å². The molecule has 0 aliphatic heterocycles. The maximum Gasteiger partial charge on any atom is 0.387 e. The first-order valence-electron chi connectivity index (χ1n) is 4.88. The van der Waals surface area contributed by atoms with Gasteiger partial charge in [-0.2, -0.15) is 8.78 Å². The molecule has 0 aliphatic carbocycles. The molecule has 0 aliphatic rings. The Morgan fingerprint density at radius 1 is 1.28 bits per heavy atom.